The fraction of sp³-hybridized carbons (Fsp3) is 0.273. The van der Waals surface area contributed by atoms with Gasteiger partial charge in [-0.15, -0.1) is 0 Å². The van der Waals surface area contributed by atoms with Crippen LogP contribution in [-0.4, -0.2) is 0 Å². The van der Waals surface area contributed by atoms with E-state index < -0.39 is 0 Å². The van der Waals surface area contributed by atoms with Gasteiger partial charge in [-0.05, 0) is 181 Å². The highest BCUT2D eigenvalue weighted by Gasteiger charge is 2.31. The molecule has 0 N–H and O–H groups in total. The number of halogens is 2. The Morgan fingerprint density at radius 3 is 0.739 bits per heavy atom. The molecule has 0 unspecified atom stereocenters. The van der Waals surface area contributed by atoms with Crippen molar-refractivity contribution in [2.24, 2.45) is 0 Å². The smallest absolute Gasteiger partial charge is 0.148 e. The van der Waals surface area contributed by atoms with Crippen LogP contribution in [0.4, 0.5) is 42.9 Å². The molecule has 12 aromatic rings. The number of anilines is 6. The Bertz CT molecular complexity index is 4380. The zero-order chi connectivity index (χ0) is 65.8. The van der Waals surface area contributed by atoms with Gasteiger partial charge in [0.1, 0.15) is 11.6 Å². The number of hydrogen-bond donors (Lipinski definition) is 0. The second kappa shape index (κ2) is 23.1. The van der Waals surface area contributed by atoms with Crippen molar-refractivity contribution in [1.29, 1.82) is 0 Å². The highest BCUT2D eigenvalue weighted by atomic mass is 19.1. The van der Waals surface area contributed by atoms with Gasteiger partial charge in [0.15, 0.2) is 0 Å². The Labute approximate surface area is 547 Å². The molecule has 0 aliphatic rings. The van der Waals surface area contributed by atoms with Crippen molar-refractivity contribution in [3.05, 3.63) is 263 Å². The summed E-state index contributed by atoms with van der Waals surface area (Å²) in [5.74, 6) is -0.672. The molecule has 0 atom stereocenters. The summed E-state index contributed by atoms with van der Waals surface area (Å²) >= 11 is 0. The Morgan fingerprint density at radius 1 is 0.239 bits per heavy atom. The molecule has 12 aromatic carbocycles. The topological polar surface area (TPSA) is 6.48 Å². The van der Waals surface area contributed by atoms with Gasteiger partial charge in [0.2, 0.25) is 0 Å². The van der Waals surface area contributed by atoms with Gasteiger partial charge in [0.05, 0.1) is 22.7 Å². The van der Waals surface area contributed by atoms with E-state index in [1.54, 1.807) is 12.1 Å². The van der Waals surface area contributed by atoms with E-state index in [0.717, 1.165) is 99.6 Å². The van der Waals surface area contributed by atoms with Crippen LogP contribution in [0.15, 0.2) is 218 Å². The standard InChI is InChI=1S/C88H90F2N2/c1-83(2,3)63-31-19-55(20-32-63)61-51-73(57-23-35-65(36-24-57)85(7,8)9)81(75(89)53-61)91(69-43-39-67(40-44-69)87(13,14)15)77-49-29-59-28-48-72-78(50-30-60-27-47-71(77)79(59)80(60)72)92(70-45-41-68(42-46-70)88(16,17)18)82-74(58-25-37-66(38-26-58)86(10,11)12)52-62(54-76(82)90)56-21-33-64(34-22-56)84(4,5)6/h19-54H,1-18H3. The van der Waals surface area contributed by atoms with Crippen molar-refractivity contribution in [1.82, 2.24) is 0 Å². The first kappa shape index (κ1) is 63.3. The summed E-state index contributed by atoms with van der Waals surface area (Å²) in [5, 5.41) is 6.09. The second-order valence-corrected chi connectivity index (χ2v) is 31.9. The normalized spacial score (nSPS) is 12.8. The largest absolute Gasteiger partial charge is 0.307 e. The molecule has 0 saturated heterocycles. The minimum Gasteiger partial charge on any atom is -0.307 e. The second-order valence-electron chi connectivity index (χ2n) is 31.9. The molecule has 0 aliphatic carbocycles. The van der Waals surface area contributed by atoms with Crippen LogP contribution in [0.3, 0.4) is 0 Å². The maximum absolute atomic E-state index is 18.6. The summed E-state index contributed by atoms with van der Waals surface area (Å²) in [6.07, 6.45) is 0. The lowest BCUT2D eigenvalue weighted by Crippen LogP contribution is -2.16. The van der Waals surface area contributed by atoms with E-state index in [9.17, 15) is 0 Å². The van der Waals surface area contributed by atoms with Crippen LogP contribution in [0.5, 0.6) is 0 Å². The summed E-state index contributed by atoms with van der Waals surface area (Å²) in [5.41, 5.74) is 17.9. The monoisotopic (exact) mass is 1210 g/mol. The first-order chi connectivity index (χ1) is 43.2. The molecule has 0 saturated carbocycles. The van der Waals surface area contributed by atoms with Crippen LogP contribution in [0.2, 0.25) is 0 Å². The third kappa shape index (κ3) is 12.1. The van der Waals surface area contributed by atoms with E-state index >= 15 is 8.78 Å². The maximum Gasteiger partial charge on any atom is 0.148 e. The van der Waals surface area contributed by atoms with Crippen LogP contribution in [0.1, 0.15) is 158 Å². The third-order valence-electron chi connectivity index (χ3n) is 18.9. The fourth-order valence-corrected chi connectivity index (χ4v) is 13.2. The summed E-state index contributed by atoms with van der Waals surface area (Å²) in [4.78, 5) is 4.31. The number of nitrogens with zero attached hydrogens (tertiary/aromatic N) is 2. The van der Waals surface area contributed by atoms with Crippen LogP contribution >= 0.6 is 0 Å². The molecule has 12 rings (SSSR count). The molecule has 0 fully saturated rings. The van der Waals surface area contributed by atoms with Crippen LogP contribution < -0.4 is 9.80 Å². The maximum atomic E-state index is 18.6. The average Bonchev–Trinajstić information content (AvgIpc) is 0.724. The molecular weight excluding hydrogens is 1120 g/mol. The molecule has 0 aliphatic heterocycles. The van der Waals surface area contributed by atoms with E-state index in [4.69, 9.17) is 0 Å². The molecule has 92 heavy (non-hydrogen) atoms. The van der Waals surface area contributed by atoms with Crippen LogP contribution in [0.25, 0.3) is 76.8 Å². The van der Waals surface area contributed by atoms with E-state index in [1.807, 2.05) is 0 Å². The Hall–Kier alpha value is -8.86. The quantitative estimate of drug-likeness (QED) is 0.126. The highest BCUT2D eigenvalue weighted by molar-refractivity contribution is 6.28. The molecule has 0 heterocycles. The predicted molar refractivity (Wildman–Crippen MR) is 393 cm³/mol. The molecule has 0 spiro atoms. The van der Waals surface area contributed by atoms with Gasteiger partial charge in [-0.1, -0.05) is 282 Å². The molecule has 0 radical (unpaired) electrons. The van der Waals surface area contributed by atoms with E-state index in [0.29, 0.717) is 11.4 Å². The number of rotatable bonds is 10. The fourth-order valence-electron chi connectivity index (χ4n) is 13.2. The first-order valence-corrected chi connectivity index (χ1v) is 32.8. The zero-order valence-electron chi connectivity index (χ0n) is 57.4. The van der Waals surface area contributed by atoms with Crippen molar-refractivity contribution in [3.63, 3.8) is 0 Å². The predicted octanol–water partition coefficient (Wildman–Crippen LogP) is 26.3. The molecule has 0 aromatic heterocycles. The van der Waals surface area contributed by atoms with Crippen molar-refractivity contribution < 1.29 is 8.78 Å². The van der Waals surface area contributed by atoms with E-state index in [1.165, 1.54) is 33.4 Å². The zero-order valence-corrected chi connectivity index (χ0v) is 57.4. The molecule has 466 valence electrons. The summed E-state index contributed by atoms with van der Waals surface area (Å²) in [6, 6.07) is 77.3. The summed E-state index contributed by atoms with van der Waals surface area (Å²) < 4.78 is 37.2. The minimum absolute atomic E-state index is 0.0377. The third-order valence-corrected chi connectivity index (χ3v) is 18.9. The van der Waals surface area contributed by atoms with Crippen molar-refractivity contribution >= 4 is 66.4 Å². The van der Waals surface area contributed by atoms with Gasteiger partial charge >= 0.3 is 0 Å². The lowest BCUT2D eigenvalue weighted by atomic mass is 9.85. The molecule has 0 bridgehead atoms. The van der Waals surface area contributed by atoms with Gasteiger partial charge in [0, 0.05) is 33.3 Å². The van der Waals surface area contributed by atoms with Crippen molar-refractivity contribution in [3.8, 4) is 44.5 Å². The van der Waals surface area contributed by atoms with Crippen LogP contribution in [0, 0.1) is 11.6 Å². The summed E-state index contributed by atoms with van der Waals surface area (Å²) in [6.45, 7) is 40.0. The van der Waals surface area contributed by atoms with Gasteiger partial charge < -0.3 is 9.80 Å². The Kier molecular flexibility index (Phi) is 15.9. The SMILES string of the molecule is CC(C)(C)c1ccc(-c2cc(F)c(N(c3ccc(C(C)(C)C)cc3)c3ccc4ccc5c(N(c6ccc(C(C)(C)C)cc6)c6c(F)cc(-c7ccc(C(C)(C)C)cc7)cc6-c6ccc(C(C)(C)C)cc6)ccc6ccc3c4c65)c(-c3ccc(C(C)(C)C)cc3)c2)cc1. The van der Waals surface area contributed by atoms with E-state index in [2.05, 4.69) is 341 Å². The number of benzene rings is 12. The minimum atomic E-state index is -0.336. The van der Waals surface area contributed by atoms with Gasteiger partial charge in [-0.2, -0.15) is 0 Å². The Balaban J connectivity index is 1.12. The van der Waals surface area contributed by atoms with Gasteiger partial charge in [-0.3, -0.25) is 0 Å². The lowest BCUT2D eigenvalue weighted by molar-refractivity contribution is 0.590. The Morgan fingerprint density at radius 2 is 0.478 bits per heavy atom. The highest BCUT2D eigenvalue weighted by Crippen LogP contribution is 2.53. The molecule has 0 amide bonds. The van der Waals surface area contributed by atoms with Gasteiger partial charge in [-0.25, -0.2) is 8.78 Å². The van der Waals surface area contributed by atoms with Crippen molar-refractivity contribution in [2.75, 3.05) is 9.80 Å². The van der Waals surface area contributed by atoms with E-state index in [-0.39, 0.29) is 44.1 Å². The average molecular weight is 1210 g/mol. The van der Waals surface area contributed by atoms with Crippen LogP contribution in [-0.2, 0) is 32.5 Å². The van der Waals surface area contributed by atoms with Crippen molar-refractivity contribution in [2.45, 2.75) is 157 Å². The van der Waals surface area contributed by atoms with Gasteiger partial charge in [0.25, 0.3) is 0 Å². The first-order valence-electron chi connectivity index (χ1n) is 32.8. The molecular formula is C88H90F2N2. The summed E-state index contributed by atoms with van der Waals surface area (Å²) in [7, 11) is 0. The molecule has 2 nitrogen and oxygen atoms in total. The number of hydrogen-bond acceptors (Lipinski definition) is 2. The lowest BCUT2D eigenvalue weighted by Gasteiger charge is -2.32. The molecule has 4 heteroatoms.